The average molecular weight is 363 g/mol. The maximum atomic E-state index is 5.80. The fraction of sp³-hybridized carbons (Fsp3) is 0.200. The highest BCUT2D eigenvalue weighted by molar-refractivity contribution is 9.11. The summed E-state index contributed by atoms with van der Waals surface area (Å²) >= 11 is 8.48. The van der Waals surface area contributed by atoms with Crippen molar-refractivity contribution in [3.8, 4) is 10.7 Å². The van der Waals surface area contributed by atoms with Gasteiger partial charge < -0.3 is 5.73 Å². The summed E-state index contributed by atoms with van der Waals surface area (Å²) in [7, 11) is 0. The molecule has 2 rings (SSSR count). The minimum Gasteiger partial charge on any atom is -0.383 e. The van der Waals surface area contributed by atoms with Crippen molar-refractivity contribution in [3.63, 3.8) is 0 Å². The smallest absolute Gasteiger partial charge is 0.171 e. The van der Waals surface area contributed by atoms with Crippen molar-refractivity contribution in [1.82, 2.24) is 9.97 Å². The van der Waals surface area contributed by atoms with Crippen LogP contribution in [0, 0.1) is 13.8 Å². The highest BCUT2D eigenvalue weighted by atomic mass is 79.9. The third-order valence-corrected chi connectivity index (χ3v) is 5.23. The van der Waals surface area contributed by atoms with E-state index in [9.17, 15) is 0 Å². The molecule has 0 aliphatic rings. The number of halogens is 2. The number of hydrogen-bond donors (Lipinski definition) is 1. The molecule has 0 bridgehead atoms. The fourth-order valence-electron chi connectivity index (χ4n) is 1.26. The van der Waals surface area contributed by atoms with Crippen molar-refractivity contribution in [2.24, 2.45) is 0 Å². The van der Waals surface area contributed by atoms with Gasteiger partial charge in [0.1, 0.15) is 5.82 Å². The summed E-state index contributed by atoms with van der Waals surface area (Å²) in [4.78, 5) is 10.9. The molecule has 3 nitrogen and oxygen atoms in total. The molecule has 2 N–H and O–H groups in total. The second-order valence-electron chi connectivity index (χ2n) is 3.35. The maximum Gasteiger partial charge on any atom is 0.171 e. The molecule has 2 heterocycles. The molecule has 0 unspecified atom stereocenters. The van der Waals surface area contributed by atoms with Gasteiger partial charge in [-0.1, -0.05) is 0 Å². The van der Waals surface area contributed by atoms with Gasteiger partial charge in [0.15, 0.2) is 5.82 Å². The van der Waals surface area contributed by atoms with E-state index in [1.807, 2.05) is 19.9 Å². The molecule has 84 valence electrons. The molecule has 16 heavy (non-hydrogen) atoms. The number of aryl methyl sites for hydroxylation is 2. The van der Waals surface area contributed by atoms with Crippen molar-refractivity contribution in [2.45, 2.75) is 13.8 Å². The molecule has 0 radical (unpaired) electrons. The molecule has 0 saturated heterocycles. The van der Waals surface area contributed by atoms with Crippen molar-refractivity contribution < 1.29 is 0 Å². The first-order valence-electron chi connectivity index (χ1n) is 4.55. The summed E-state index contributed by atoms with van der Waals surface area (Å²) in [6, 6.07) is 2.02. The molecule has 0 atom stereocenters. The van der Waals surface area contributed by atoms with Crippen LogP contribution in [-0.2, 0) is 0 Å². The van der Waals surface area contributed by atoms with Crippen LogP contribution in [0.15, 0.2) is 15.0 Å². The Kier molecular flexibility index (Phi) is 3.32. The second-order valence-corrected chi connectivity index (χ2v) is 6.25. The number of rotatable bonds is 1. The van der Waals surface area contributed by atoms with Gasteiger partial charge in [0.05, 0.1) is 15.0 Å². The standard InChI is InChI=1S/C10H9Br2N3S/c1-4-8(12)9(13)15-10(14-4)7-3-6(11)5(2)16-7/h3H,1-2H3,(H2,13,14,15). The number of anilines is 1. The minimum absolute atomic E-state index is 0.477. The highest BCUT2D eigenvalue weighted by Crippen LogP contribution is 2.33. The van der Waals surface area contributed by atoms with Crippen LogP contribution < -0.4 is 5.73 Å². The second kappa shape index (κ2) is 4.43. The molecule has 0 spiro atoms. The van der Waals surface area contributed by atoms with Gasteiger partial charge in [-0.15, -0.1) is 11.3 Å². The minimum atomic E-state index is 0.477. The summed E-state index contributed by atoms with van der Waals surface area (Å²) in [6.45, 7) is 3.95. The third-order valence-electron chi connectivity index (χ3n) is 2.12. The normalized spacial score (nSPS) is 10.8. The Bertz CT molecular complexity index is 508. The quantitative estimate of drug-likeness (QED) is 0.836. The average Bonchev–Trinajstić information content (AvgIpc) is 2.55. The van der Waals surface area contributed by atoms with Crippen LogP contribution in [0.1, 0.15) is 10.6 Å². The monoisotopic (exact) mass is 361 g/mol. The molecule has 0 fully saturated rings. The van der Waals surface area contributed by atoms with Crippen LogP contribution in [0.4, 0.5) is 5.82 Å². The number of hydrogen-bond acceptors (Lipinski definition) is 4. The van der Waals surface area contributed by atoms with E-state index in [1.165, 1.54) is 4.88 Å². The van der Waals surface area contributed by atoms with Crippen molar-refractivity contribution >= 4 is 49.0 Å². The zero-order chi connectivity index (χ0) is 11.9. The Balaban J connectivity index is 2.56. The summed E-state index contributed by atoms with van der Waals surface area (Å²) < 4.78 is 1.85. The Hall–Kier alpha value is -0.460. The van der Waals surface area contributed by atoms with E-state index in [4.69, 9.17) is 5.73 Å². The van der Waals surface area contributed by atoms with E-state index in [0.717, 1.165) is 19.5 Å². The van der Waals surface area contributed by atoms with E-state index < -0.39 is 0 Å². The summed E-state index contributed by atoms with van der Waals surface area (Å²) in [5.74, 6) is 1.15. The molecule has 0 aliphatic heterocycles. The zero-order valence-corrected chi connectivity index (χ0v) is 12.7. The van der Waals surface area contributed by atoms with Gasteiger partial charge in [0.25, 0.3) is 0 Å². The lowest BCUT2D eigenvalue weighted by atomic mass is 10.3. The molecule has 6 heteroatoms. The Labute approximate surface area is 114 Å². The van der Waals surface area contributed by atoms with E-state index in [0.29, 0.717) is 11.6 Å². The molecule has 0 amide bonds. The molecule has 0 aromatic carbocycles. The summed E-state index contributed by atoms with van der Waals surface area (Å²) in [5.41, 5.74) is 6.65. The van der Waals surface area contributed by atoms with Gasteiger partial charge in [-0.25, -0.2) is 9.97 Å². The number of nitrogen functional groups attached to an aromatic ring is 1. The summed E-state index contributed by atoms with van der Waals surface area (Å²) in [5, 5.41) is 0. The van der Waals surface area contributed by atoms with E-state index in [1.54, 1.807) is 11.3 Å². The van der Waals surface area contributed by atoms with Crippen molar-refractivity contribution in [1.29, 1.82) is 0 Å². The first kappa shape index (κ1) is 12.0. The number of aromatic nitrogens is 2. The van der Waals surface area contributed by atoms with Crippen molar-refractivity contribution in [2.75, 3.05) is 5.73 Å². The van der Waals surface area contributed by atoms with Gasteiger partial charge in [-0.3, -0.25) is 0 Å². The van der Waals surface area contributed by atoms with Gasteiger partial charge in [0.2, 0.25) is 0 Å². The largest absolute Gasteiger partial charge is 0.383 e. The predicted octanol–water partition coefficient (Wildman–Crippen LogP) is 3.93. The number of thiophene rings is 1. The van der Waals surface area contributed by atoms with Crippen LogP contribution in [0.5, 0.6) is 0 Å². The van der Waals surface area contributed by atoms with Gasteiger partial charge >= 0.3 is 0 Å². The SMILES string of the molecule is Cc1nc(-c2cc(Br)c(C)s2)nc(N)c1Br. The molecule has 0 aliphatic carbocycles. The van der Waals surface area contributed by atoms with Crippen LogP contribution in [0.3, 0.4) is 0 Å². The lowest BCUT2D eigenvalue weighted by molar-refractivity contribution is 1.11. The van der Waals surface area contributed by atoms with Crippen LogP contribution in [0.2, 0.25) is 0 Å². The molecule has 2 aromatic rings. The zero-order valence-electron chi connectivity index (χ0n) is 8.71. The Morgan fingerprint density at radius 1 is 1.25 bits per heavy atom. The van der Waals surface area contributed by atoms with Crippen molar-refractivity contribution in [3.05, 3.63) is 25.6 Å². The molecule has 0 saturated carbocycles. The third kappa shape index (κ3) is 2.14. The lowest BCUT2D eigenvalue weighted by Crippen LogP contribution is -1.99. The maximum absolute atomic E-state index is 5.80. The van der Waals surface area contributed by atoms with Crippen LogP contribution in [-0.4, -0.2) is 9.97 Å². The molecular weight excluding hydrogens is 354 g/mol. The van der Waals surface area contributed by atoms with E-state index in [-0.39, 0.29) is 0 Å². The molecule has 2 aromatic heterocycles. The first-order valence-corrected chi connectivity index (χ1v) is 6.95. The van der Waals surface area contributed by atoms with Crippen LogP contribution in [0.25, 0.3) is 10.7 Å². The van der Waals surface area contributed by atoms with E-state index >= 15 is 0 Å². The van der Waals surface area contributed by atoms with Gasteiger partial charge in [-0.2, -0.15) is 0 Å². The summed E-state index contributed by atoms with van der Waals surface area (Å²) in [6.07, 6.45) is 0. The Morgan fingerprint density at radius 2 is 1.94 bits per heavy atom. The molecular formula is C10H9Br2N3S. The predicted molar refractivity (Wildman–Crippen MR) is 74.6 cm³/mol. The van der Waals surface area contributed by atoms with Crippen LogP contribution >= 0.6 is 43.2 Å². The number of nitrogens with zero attached hydrogens (tertiary/aromatic N) is 2. The van der Waals surface area contributed by atoms with E-state index in [2.05, 4.69) is 41.8 Å². The highest BCUT2D eigenvalue weighted by Gasteiger charge is 2.11. The topological polar surface area (TPSA) is 51.8 Å². The first-order chi connectivity index (χ1) is 7.49. The Morgan fingerprint density at radius 3 is 2.44 bits per heavy atom. The fourth-order valence-corrected chi connectivity index (χ4v) is 2.91. The van der Waals surface area contributed by atoms with Gasteiger partial charge in [-0.05, 0) is 51.8 Å². The number of nitrogens with two attached hydrogens (primary N) is 1. The van der Waals surface area contributed by atoms with Gasteiger partial charge in [0, 0.05) is 9.35 Å². The lowest BCUT2D eigenvalue weighted by Gasteiger charge is -2.03.